The largest absolute Gasteiger partial charge is 0.506 e. The van der Waals surface area contributed by atoms with Gasteiger partial charge in [-0.3, -0.25) is 0 Å². The molecule has 1 heterocycles. The first-order chi connectivity index (χ1) is 11.5. The van der Waals surface area contributed by atoms with E-state index in [-0.39, 0.29) is 23.5 Å². The molecule has 0 spiro atoms. The van der Waals surface area contributed by atoms with E-state index < -0.39 is 11.8 Å². The molecule has 0 saturated heterocycles. The van der Waals surface area contributed by atoms with Crippen molar-refractivity contribution in [3.63, 3.8) is 0 Å². The molecule has 1 N–H and O–H groups in total. The Morgan fingerprint density at radius 3 is 2.46 bits per heavy atom. The van der Waals surface area contributed by atoms with Gasteiger partial charge >= 0.3 is 5.97 Å². The molecule has 1 atom stereocenters. The predicted molar refractivity (Wildman–Crippen MR) is 87.2 cm³/mol. The van der Waals surface area contributed by atoms with Crippen LogP contribution in [0, 0.1) is 0 Å². The van der Waals surface area contributed by atoms with Crippen LogP contribution in [0.25, 0.3) is 10.8 Å². The standard InChI is InChI=1S/C18H18O6/c1-10(21-2)18(23-4)9-13-14(17(20)22-3)15(19)11-7-5-6-8-12(11)16(13)24-18/h5-8,19H,1,9H2,2-4H3. The van der Waals surface area contributed by atoms with Crippen LogP contribution >= 0.6 is 0 Å². The number of esters is 1. The predicted octanol–water partition coefficient (Wildman–Crippen LogP) is 2.77. The maximum atomic E-state index is 12.2. The fourth-order valence-corrected chi connectivity index (χ4v) is 3.02. The summed E-state index contributed by atoms with van der Waals surface area (Å²) >= 11 is 0. The summed E-state index contributed by atoms with van der Waals surface area (Å²) in [6.07, 6.45) is 0.161. The second-order valence-corrected chi connectivity index (χ2v) is 5.43. The Hall–Kier alpha value is -2.73. The molecule has 126 valence electrons. The van der Waals surface area contributed by atoms with E-state index in [1.54, 1.807) is 18.2 Å². The van der Waals surface area contributed by atoms with Gasteiger partial charge in [-0.05, 0) is 0 Å². The summed E-state index contributed by atoms with van der Waals surface area (Å²) in [5.74, 6) is -1.34. The van der Waals surface area contributed by atoms with Crippen LogP contribution in [-0.4, -0.2) is 38.2 Å². The fourth-order valence-electron chi connectivity index (χ4n) is 3.02. The van der Waals surface area contributed by atoms with E-state index >= 15 is 0 Å². The highest BCUT2D eigenvalue weighted by Crippen LogP contribution is 2.49. The number of benzene rings is 2. The van der Waals surface area contributed by atoms with Crippen molar-refractivity contribution in [2.75, 3.05) is 21.3 Å². The average molecular weight is 330 g/mol. The molecule has 3 rings (SSSR count). The Morgan fingerprint density at radius 2 is 1.88 bits per heavy atom. The Labute approximate surface area is 139 Å². The number of aromatic hydroxyl groups is 1. The Balaban J connectivity index is 2.32. The summed E-state index contributed by atoms with van der Waals surface area (Å²) in [5.41, 5.74) is 0.562. The number of hydrogen-bond donors (Lipinski definition) is 1. The maximum Gasteiger partial charge on any atom is 0.342 e. The van der Waals surface area contributed by atoms with Gasteiger partial charge in [0.15, 0.2) is 5.76 Å². The zero-order valence-corrected chi connectivity index (χ0v) is 13.7. The number of phenolic OH excluding ortho intramolecular Hbond substituents is 1. The molecule has 6 nitrogen and oxygen atoms in total. The van der Waals surface area contributed by atoms with Crippen molar-refractivity contribution in [3.05, 3.63) is 47.7 Å². The average Bonchev–Trinajstić information content (AvgIpc) is 3.02. The molecular weight excluding hydrogens is 312 g/mol. The molecule has 0 aliphatic carbocycles. The molecule has 1 aliphatic heterocycles. The van der Waals surface area contributed by atoms with Crippen molar-refractivity contribution >= 4 is 16.7 Å². The van der Waals surface area contributed by atoms with E-state index in [2.05, 4.69) is 6.58 Å². The second kappa shape index (κ2) is 5.72. The summed E-state index contributed by atoms with van der Waals surface area (Å²) in [4.78, 5) is 12.2. The summed E-state index contributed by atoms with van der Waals surface area (Å²) < 4.78 is 21.6. The smallest absolute Gasteiger partial charge is 0.342 e. The third-order valence-electron chi connectivity index (χ3n) is 4.31. The molecule has 0 saturated carbocycles. The van der Waals surface area contributed by atoms with E-state index in [0.717, 1.165) is 0 Å². The number of hydrogen-bond acceptors (Lipinski definition) is 6. The second-order valence-electron chi connectivity index (χ2n) is 5.43. The van der Waals surface area contributed by atoms with Crippen LogP contribution in [0.1, 0.15) is 15.9 Å². The van der Waals surface area contributed by atoms with E-state index in [1.165, 1.54) is 21.3 Å². The summed E-state index contributed by atoms with van der Waals surface area (Å²) in [5, 5.41) is 11.8. The minimum atomic E-state index is -1.27. The number of methoxy groups -OCH3 is 3. The van der Waals surface area contributed by atoms with Crippen molar-refractivity contribution in [1.82, 2.24) is 0 Å². The van der Waals surface area contributed by atoms with Crippen LogP contribution in [0.5, 0.6) is 11.5 Å². The van der Waals surface area contributed by atoms with Crippen molar-refractivity contribution in [2.24, 2.45) is 0 Å². The number of rotatable bonds is 4. The number of ether oxygens (including phenoxy) is 4. The zero-order chi connectivity index (χ0) is 17.5. The first-order valence-electron chi connectivity index (χ1n) is 7.31. The van der Waals surface area contributed by atoms with Crippen LogP contribution in [0.4, 0.5) is 0 Å². The fraction of sp³-hybridized carbons (Fsp3) is 0.278. The van der Waals surface area contributed by atoms with Gasteiger partial charge in [-0.15, -0.1) is 0 Å². The first kappa shape index (κ1) is 16.1. The molecule has 6 heteroatoms. The summed E-state index contributed by atoms with van der Waals surface area (Å²) in [7, 11) is 4.19. The molecule has 0 aromatic heterocycles. The van der Waals surface area contributed by atoms with E-state index in [1.807, 2.05) is 6.07 Å². The highest BCUT2D eigenvalue weighted by Gasteiger charge is 2.47. The maximum absolute atomic E-state index is 12.2. The van der Waals surface area contributed by atoms with Gasteiger partial charge < -0.3 is 24.1 Å². The van der Waals surface area contributed by atoms with Gasteiger partial charge in [0.1, 0.15) is 17.1 Å². The van der Waals surface area contributed by atoms with E-state index in [0.29, 0.717) is 22.1 Å². The highest BCUT2D eigenvalue weighted by atomic mass is 16.7. The molecule has 1 aliphatic rings. The SMILES string of the molecule is C=C(OC)C1(OC)Cc2c(C(=O)OC)c(O)c3ccccc3c2O1. The van der Waals surface area contributed by atoms with Crippen LogP contribution in [0.3, 0.4) is 0 Å². The topological polar surface area (TPSA) is 74.2 Å². The molecule has 0 bridgehead atoms. The lowest BCUT2D eigenvalue weighted by Gasteiger charge is -2.27. The van der Waals surface area contributed by atoms with Crippen LogP contribution in [0.15, 0.2) is 36.6 Å². The summed E-state index contributed by atoms with van der Waals surface area (Å²) in [6.45, 7) is 3.83. The Bertz CT molecular complexity index is 841. The van der Waals surface area contributed by atoms with Gasteiger partial charge in [0.2, 0.25) is 0 Å². The van der Waals surface area contributed by atoms with Crippen LogP contribution < -0.4 is 4.74 Å². The van der Waals surface area contributed by atoms with Gasteiger partial charge in [-0.25, -0.2) is 4.79 Å². The Kier molecular flexibility index (Phi) is 3.85. The lowest BCUT2D eigenvalue weighted by Crippen LogP contribution is -2.39. The minimum Gasteiger partial charge on any atom is -0.506 e. The molecule has 2 aromatic rings. The van der Waals surface area contributed by atoms with Gasteiger partial charge in [0, 0.05) is 23.4 Å². The van der Waals surface area contributed by atoms with Crippen molar-refractivity contribution in [3.8, 4) is 11.5 Å². The molecule has 0 radical (unpaired) electrons. The lowest BCUT2D eigenvalue weighted by atomic mass is 9.95. The van der Waals surface area contributed by atoms with Gasteiger partial charge in [0.25, 0.3) is 5.79 Å². The molecule has 0 amide bonds. The molecule has 0 fully saturated rings. The van der Waals surface area contributed by atoms with Gasteiger partial charge in [0.05, 0.1) is 20.6 Å². The number of fused-ring (bicyclic) bond motifs is 3. The molecule has 24 heavy (non-hydrogen) atoms. The number of carbonyl (C=O) groups excluding carboxylic acids is 1. The zero-order valence-electron chi connectivity index (χ0n) is 13.7. The van der Waals surface area contributed by atoms with Crippen molar-refractivity contribution in [2.45, 2.75) is 12.2 Å². The number of carbonyl (C=O) groups is 1. The summed E-state index contributed by atoms with van der Waals surface area (Å²) in [6, 6.07) is 7.10. The third kappa shape index (κ3) is 2.11. The third-order valence-corrected chi connectivity index (χ3v) is 4.31. The number of phenols is 1. The molecular formula is C18H18O6. The van der Waals surface area contributed by atoms with Gasteiger partial charge in [-0.2, -0.15) is 0 Å². The van der Waals surface area contributed by atoms with Crippen LogP contribution in [-0.2, 0) is 20.6 Å². The van der Waals surface area contributed by atoms with E-state index in [9.17, 15) is 9.90 Å². The van der Waals surface area contributed by atoms with Crippen molar-refractivity contribution < 1.29 is 28.8 Å². The molecule has 1 unspecified atom stereocenters. The van der Waals surface area contributed by atoms with Crippen molar-refractivity contribution in [1.29, 1.82) is 0 Å². The van der Waals surface area contributed by atoms with E-state index in [4.69, 9.17) is 18.9 Å². The first-order valence-corrected chi connectivity index (χ1v) is 7.31. The normalized spacial score (nSPS) is 18.8. The molecule has 2 aromatic carbocycles. The van der Waals surface area contributed by atoms with Gasteiger partial charge in [-0.1, -0.05) is 30.8 Å². The monoisotopic (exact) mass is 330 g/mol. The Morgan fingerprint density at radius 1 is 1.21 bits per heavy atom. The highest BCUT2D eigenvalue weighted by molar-refractivity contribution is 6.06. The quantitative estimate of drug-likeness (QED) is 0.686. The van der Waals surface area contributed by atoms with Crippen LogP contribution in [0.2, 0.25) is 0 Å². The lowest BCUT2D eigenvalue weighted by molar-refractivity contribution is -0.144. The minimum absolute atomic E-state index is 0.0639.